The fraction of sp³-hybridized carbons (Fsp3) is 0. The van der Waals surface area contributed by atoms with E-state index in [1.54, 1.807) is 18.5 Å². The average molecular weight is 342 g/mol. The fourth-order valence-corrected chi connectivity index (χ4v) is 3.16. The Morgan fingerprint density at radius 2 is 1.88 bits per heavy atom. The lowest BCUT2D eigenvalue weighted by Crippen LogP contribution is -2.09. The van der Waals surface area contributed by atoms with Gasteiger partial charge in [-0.2, -0.15) is 15.1 Å². The third-order valence-electron chi connectivity index (χ3n) is 3.34. The van der Waals surface area contributed by atoms with Crippen LogP contribution in [0.3, 0.4) is 0 Å². The number of aromatic amines is 2. The number of anilines is 2. The van der Waals surface area contributed by atoms with Crippen LogP contribution in [0.2, 0.25) is 0 Å². The van der Waals surface area contributed by atoms with Crippen molar-refractivity contribution < 1.29 is 8.94 Å². The molecule has 0 fully saturated rings. The molecule has 7 nitrogen and oxygen atoms in total. The van der Waals surface area contributed by atoms with E-state index in [-0.39, 0.29) is 5.16 Å². The number of benzene rings is 1. The van der Waals surface area contributed by atoms with Crippen LogP contribution in [-0.4, -0.2) is 29.7 Å². The summed E-state index contributed by atoms with van der Waals surface area (Å²) in [6.45, 7) is 0. The second kappa shape index (κ2) is 5.95. The van der Waals surface area contributed by atoms with E-state index in [1.165, 1.54) is 24.3 Å². The molecule has 120 valence electrons. The molecule has 24 heavy (non-hydrogen) atoms. The normalized spacial score (nSPS) is 12.4. The number of H-pyrrole nitrogens is 2. The highest BCUT2D eigenvalue weighted by Crippen LogP contribution is 2.26. The van der Waals surface area contributed by atoms with Gasteiger partial charge in [-0.3, -0.25) is 5.10 Å². The molecule has 3 aromatic heterocycles. The Morgan fingerprint density at radius 1 is 1.04 bits per heavy atom. The van der Waals surface area contributed by atoms with Gasteiger partial charge in [0.05, 0.1) is 16.6 Å². The van der Waals surface area contributed by atoms with Gasteiger partial charge >= 0.3 is 5.16 Å². The van der Waals surface area contributed by atoms with Crippen LogP contribution in [0, 0.1) is 5.82 Å². The van der Waals surface area contributed by atoms with Crippen molar-refractivity contribution in [3.8, 4) is 0 Å². The number of hydrogen-bond acceptors (Lipinski definition) is 5. The minimum absolute atomic E-state index is 0.120. The summed E-state index contributed by atoms with van der Waals surface area (Å²) in [6, 6.07) is 8.97. The van der Waals surface area contributed by atoms with Gasteiger partial charge in [0.1, 0.15) is 17.3 Å². The van der Waals surface area contributed by atoms with Gasteiger partial charge in [-0.1, -0.05) is 0 Å². The molecule has 4 aromatic rings. The molecule has 0 spiro atoms. The van der Waals surface area contributed by atoms with Gasteiger partial charge < -0.3 is 14.9 Å². The van der Waals surface area contributed by atoms with Crippen molar-refractivity contribution in [3.63, 3.8) is 0 Å². The molecule has 0 radical (unpaired) electrons. The predicted molar refractivity (Wildman–Crippen MR) is 86.8 cm³/mol. The summed E-state index contributed by atoms with van der Waals surface area (Å²) in [5.41, 5.74) is 0.550. The number of rotatable bonds is 4. The topological polar surface area (TPSA) is 105 Å². The minimum Gasteiger partial charge on any atom is -0.604 e. The summed E-state index contributed by atoms with van der Waals surface area (Å²) >= 11 is -1.63. The molecule has 0 aliphatic heterocycles. The Labute approximate surface area is 138 Å². The third-order valence-corrected chi connectivity index (χ3v) is 4.55. The Bertz CT molecular complexity index is 969. The molecule has 0 unspecified atom stereocenters. The number of hydrogen-bond donors (Lipinski definition) is 3. The van der Waals surface area contributed by atoms with Crippen molar-refractivity contribution in [2.45, 2.75) is 10.1 Å². The third kappa shape index (κ3) is 2.70. The zero-order valence-electron chi connectivity index (χ0n) is 12.2. The molecule has 0 aliphatic carbocycles. The van der Waals surface area contributed by atoms with E-state index in [0.717, 1.165) is 5.39 Å². The second-order valence-electron chi connectivity index (χ2n) is 4.90. The lowest BCUT2D eigenvalue weighted by molar-refractivity contribution is 0.585. The van der Waals surface area contributed by atoms with E-state index in [4.69, 9.17) is 0 Å². The molecule has 9 heteroatoms. The van der Waals surface area contributed by atoms with Gasteiger partial charge in [0.15, 0.2) is 10.7 Å². The van der Waals surface area contributed by atoms with Crippen molar-refractivity contribution in [2.75, 3.05) is 5.32 Å². The van der Waals surface area contributed by atoms with Crippen LogP contribution < -0.4 is 5.32 Å². The lowest BCUT2D eigenvalue weighted by Gasteiger charge is -2.10. The van der Waals surface area contributed by atoms with E-state index in [1.807, 2.05) is 6.07 Å². The summed E-state index contributed by atoms with van der Waals surface area (Å²) < 4.78 is 25.7. The quantitative estimate of drug-likeness (QED) is 0.391. The van der Waals surface area contributed by atoms with E-state index in [9.17, 15) is 8.94 Å². The van der Waals surface area contributed by atoms with Crippen LogP contribution in [0.25, 0.3) is 11.0 Å². The zero-order chi connectivity index (χ0) is 16.5. The molecule has 1 aromatic carbocycles. The molecule has 0 saturated heterocycles. The Morgan fingerprint density at radius 3 is 2.62 bits per heavy atom. The molecular weight excluding hydrogens is 331 g/mol. The van der Waals surface area contributed by atoms with E-state index >= 15 is 0 Å². The summed E-state index contributed by atoms with van der Waals surface area (Å²) in [6.07, 6.45) is 3.40. The summed E-state index contributed by atoms with van der Waals surface area (Å²) in [7, 11) is 0. The van der Waals surface area contributed by atoms with E-state index < -0.39 is 17.0 Å². The molecule has 0 amide bonds. The van der Waals surface area contributed by atoms with Gasteiger partial charge in [-0.25, -0.2) is 4.39 Å². The van der Waals surface area contributed by atoms with Gasteiger partial charge in [0.25, 0.3) is 0 Å². The van der Waals surface area contributed by atoms with Crippen molar-refractivity contribution in [1.29, 1.82) is 0 Å². The van der Waals surface area contributed by atoms with Crippen molar-refractivity contribution in [1.82, 2.24) is 25.1 Å². The minimum atomic E-state index is -1.63. The van der Waals surface area contributed by atoms with Crippen LogP contribution in [0.5, 0.6) is 0 Å². The Kier molecular flexibility index (Phi) is 3.63. The van der Waals surface area contributed by atoms with Crippen LogP contribution in [0.4, 0.5) is 16.0 Å². The van der Waals surface area contributed by atoms with E-state index in [2.05, 4.69) is 30.5 Å². The molecule has 0 aliphatic rings. The SMILES string of the molecule is [O-][S@+](c1ccc(F)cc1)c1nc(Nc2cc[nH]n2)c2cc[nH]c2n1. The first-order valence-corrected chi connectivity index (χ1v) is 8.15. The van der Waals surface area contributed by atoms with Gasteiger partial charge in [0, 0.05) is 18.5 Å². The summed E-state index contributed by atoms with van der Waals surface area (Å²) in [5.74, 6) is 0.672. The second-order valence-corrected chi connectivity index (χ2v) is 6.28. The molecule has 1 atom stereocenters. The van der Waals surface area contributed by atoms with Gasteiger partial charge in [-0.15, -0.1) is 0 Å². The zero-order valence-corrected chi connectivity index (χ0v) is 13.0. The van der Waals surface area contributed by atoms with Crippen LogP contribution in [0.15, 0.2) is 58.8 Å². The van der Waals surface area contributed by atoms with Crippen molar-refractivity contribution in [3.05, 3.63) is 54.6 Å². The Balaban J connectivity index is 1.76. The predicted octanol–water partition coefficient (Wildman–Crippen LogP) is 2.73. The van der Waals surface area contributed by atoms with Crippen molar-refractivity contribution >= 4 is 33.8 Å². The number of halogens is 1. The maximum Gasteiger partial charge on any atom is 0.352 e. The molecule has 3 heterocycles. The number of fused-ring (bicyclic) bond motifs is 1. The van der Waals surface area contributed by atoms with Crippen molar-refractivity contribution in [2.24, 2.45) is 0 Å². The van der Waals surface area contributed by atoms with Crippen LogP contribution in [-0.2, 0) is 11.2 Å². The summed E-state index contributed by atoms with van der Waals surface area (Å²) in [4.78, 5) is 12.1. The molecule has 4 rings (SSSR count). The first-order valence-electron chi connectivity index (χ1n) is 7.00. The maximum atomic E-state index is 13.0. The van der Waals surface area contributed by atoms with Gasteiger partial charge in [0.2, 0.25) is 0 Å². The standard InChI is InChI=1S/C15H11FN6OS/c16-9-1-3-10(4-2-9)24(23)15-20-13-11(5-7-17-13)14(21-15)19-12-6-8-18-22-12/h1-8H,(H3,17,18,19,20,21,22)/t24-/m1/s1. The van der Waals surface area contributed by atoms with E-state index in [0.29, 0.717) is 22.2 Å². The highest BCUT2D eigenvalue weighted by molar-refractivity contribution is 7.91. The maximum absolute atomic E-state index is 13.0. The monoisotopic (exact) mass is 342 g/mol. The smallest absolute Gasteiger partial charge is 0.352 e. The fourth-order valence-electron chi connectivity index (χ4n) is 2.21. The first-order chi connectivity index (χ1) is 11.7. The highest BCUT2D eigenvalue weighted by Gasteiger charge is 2.22. The highest BCUT2D eigenvalue weighted by atomic mass is 32.2. The molecule has 0 saturated carbocycles. The summed E-state index contributed by atoms with van der Waals surface area (Å²) in [5, 5.41) is 10.7. The molecule has 3 N–H and O–H groups in total. The number of aromatic nitrogens is 5. The first kappa shape index (κ1) is 14.7. The van der Waals surface area contributed by atoms with Crippen LogP contribution in [0.1, 0.15) is 0 Å². The number of nitrogens with one attached hydrogen (secondary N) is 3. The van der Waals surface area contributed by atoms with Gasteiger partial charge in [-0.05, 0) is 30.3 Å². The molecule has 0 bridgehead atoms. The Hall–Kier alpha value is -2.91. The molecular formula is C15H11FN6OS. The lowest BCUT2D eigenvalue weighted by atomic mass is 10.3. The van der Waals surface area contributed by atoms with Crippen LogP contribution >= 0.6 is 0 Å². The largest absolute Gasteiger partial charge is 0.604 e. The number of nitrogens with zero attached hydrogens (tertiary/aromatic N) is 3. The average Bonchev–Trinajstić information content (AvgIpc) is 3.26.